The molecule has 0 bridgehead atoms. The number of rotatable bonds is 3. The van der Waals surface area contributed by atoms with Gasteiger partial charge >= 0.3 is 0 Å². The molecule has 0 unspecified atom stereocenters. The predicted octanol–water partition coefficient (Wildman–Crippen LogP) is 4.19. The summed E-state index contributed by atoms with van der Waals surface area (Å²) in [6, 6.07) is 14.4. The Morgan fingerprint density at radius 1 is 1.23 bits per heavy atom. The van der Waals surface area contributed by atoms with Gasteiger partial charge in [-0.3, -0.25) is 4.79 Å². The molecule has 1 aliphatic heterocycles. The third-order valence-electron chi connectivity index (χ3n) is 3.55. The van der Waals surface area contributed by atoms with Gasteiger partial charge in [0.2, 0.25) is 5.91 Å². The van der Waals surface area contributed by atoms with Crippen molar-refractivity contribution in [3.05, 3.63) is 71.6 Å². The predicted molar refractivity (Wildman–Crippen MR) is 88.1 cm³/mol. The normalized spacial score (nSPS) is 17.2. The molecular weight excluding hydrogens is 297 g/mol. The largest absolute Gasteiger partial charge is 0.346 e. The Hall–Kier alpha value is -2.07. The van der Waals surface area contributed by atoms with Crippen molar-refractivity contribution in [1.82, 2.24) is 5.32 Å². The smallest absolute Gasteiger partial charge is 0.244 e. The Labute approximate surface area is 133 Å². The molecule has 0 aliphatic carbocycles. The van der Waals surface area contributed by atoms with Crippen molar-refractivity contribution in [2.75, 3.05) is 5.75 Å². The Bertz CT molecular complexity index is 714. The van der Waals surface area contributed by atoms with E-state index in [1.807, 2.05) is 23.9 Å². The Morgan fingerprint density at radius 2 is 2.09 bits per heavy atom. The maximum atomic E-state index is 13.1. The first-order valence-corrected chi connectivity index (χ1v) is 8.17. The SMILES string of the molecule is O=C(/C=C/c1cccc(F)c1)N[C@H]1CCSc2ccccc21. The van der Waals surface area contributed by atoms with E-state index in [0.29, 0.717) is 5.56 Å². The van der Waals surface area contributed by atoms with Crippen molar-refractivity contribution in [3.8, 4) is 0 Å². The van der Waals surface area contributed by atoms with Crippen LogP contribution in [0.5, 0.6) is 0 Å². The molecule has 1 amide bonds. The number of amides is 1. The first-order valence-electron chi connectivity index (χ1n) is 7.18. The monoisotopic (exact) mass is 313 g/mol. The minimum Gasteiger partial charge on any atom is -0.346 e. The molecule has 0 aromatic heterocycles. The van der Waals surface area contributed by atoms with Crippen LogP contribution < -0.4 is 5.32 Å². The number of benzene rings is 2. The molecule has 1 atom stereocenters. The maximum absolute atomic E-state index is 13.1. The number of hydrogen-bond acceptors (Lipinski definition) is 2. The van der Waals surface area contributed by atoms with Crippen molar-refractivity contribution < 1.29 is 9.18 Å². The van der Waals surface area contributed by atoms with Gasteiger partial charge in [0.05, 0.1) is 6.04 Å². The van der Waals surface area contributed by atoms with E-state index < -0.39 is 0 Å². The van der Waals surface area contributed by atoms with Crippen molar-refractivity contribution in [2.24, 2.45) is 0 Å². The van der Waals surface area contributed by atoms with Crippen LogP contribution in [0.25, 0.3) is 6.08 Å². The maximum Gasteiger partial charge on any atom is 0.244 e. The lowest BCUT2D eigenvalue weighted by Gasteiger charge is -2.25. The van der Waals surface area contributed by atoms with Crippen LogP contribution in [-0.2, 0) is 4.79 Å². The van der Waals surface area contributed by atoms with E-state index in [1.54, 1.807) is 18.2 Å². The van der Waals surface area contributed by atoms with Gasteiger partial charge in [0.1, 0.15) is 5.82 Å². The quantitative estimate of drug-likeness (QED) is 0.861. The third-order valence-corrected chi connectivity index (χ3v) is 4.67. The number of carbonyl (C=O) groups excluding carboxylic acids is 1. The molecule has 4 heteroatoms. The molecule has 22 heavy (non-hydrogen) atoms. The van der Waals surface area contributed by atoms with Gasteiger partial charge in [0.15, 0.2) is 0 Å². The summed E-state index contributed by atoms with van der Waals surface area (Å²) < 4.78 is 13.1. The minimum atomic E-state index is -0.305. The van der Waals surface area contributed by atoms with Crippen molar-refractivity contribution in [3.63, 3.8) is 0 Å². The van der Waals surface area contributed by atoms with Gasteiger partial charge < -0.3 is 5.32 Å². The number of thioether (sulfide) groups is 1. The summed E-state index contributed by atoms with van der Waals surface area (Å²) in [6.45, 7) is 0. The number of nitrogens with one attached hydrogen (secondary N) is 1. The molecule has 2 nitrogen and oxygen atoms in total. The van der Waals surface area contributed by atoms with Crippen LogP contribution >= 0.6 is 11.8 Å². The highest BCUT2D eigenvalue weighted by Crippen LogP contribution is 2.35. The lowest BCUT2D eigenvalue weighted by Crippen LogP contribution is -2.29. The first kappa shape index (κ1) is 14.9. The second kappa shape index (κ2) is 6.79. The minimum absolute atomic E-state index is 0.0436. The standard InChI is InChI=1S/C18H16FNOS/c19-14-5-3-4-13(12-14)8-9-18(21)20-16-10-11-22-17-7-2-1-6-15(16)17/h1-9,12,16H,10-11H2,(H,20,21)/b9-8+/t16-/m0/s1. The molecule has 1 aliphatic rings. The van der Waals surface area contributed by atoms with Gasteiger partial charge in [0, 0.05) is 16.7 Å². The zero-order valence-corrected chi connectivity index (χ0v) is 12.8. The molecule has 112 valence electrons. The van der Waals surface area contributed by atoms with Crippen molar-refractivity contribution in [1.29, 1.82) is 0 Å². The van der Waals surface area contributed by atoms with Crippen LogP contribution in [0.1, 0.15) is 23.6 Å². The highest BCUT2D eigenvalue weighted by Gasteiger charge is 2.20. The van der Waals surface area contributed by atoms with E-state index in [9.17, 15) is 9.18 Å². The van der Waals surface area contributed by atoms with Gasteiger partial charge in [-0.25, -0.2) is 4.39 Å². The topological polar surface area (TPSA) is 29.1 Å². The lowest BCUT2D eigenvalue weighted by molar-refractivity contribution is -0.117. The summed E-state index contributed by atoms with van der Waals surface area (Å²) in [5.41, 5.74) is 1.85. The average Bonchev–Trinajstić information content (AvgIpc) is 2.53. The summed E-state index contributed by atoms with van der Waals surface area (Å²) in [7, 11) is 0. The zero-order chi connectivity index (χ0) is 15.4. The zero-order valence-electron chi connectivity index (χ0n) is 12.0. The molecular formula is C18H16FNOS. The fraction of sp³-hybridized carbons (Fsp3) is 0.167. The van der Waals surface area contributed by atoms with E-state index in [-0.39, 0.29) is 17.8 Å². The number of hydrogen-bond donors (Lipinski definition) is 1. The van der Waals surface area contributed by atoms with E-state index >= 15 is 0 Å². The van der Waals surface area contributed by atoms with Crippen LogP contribution in [0, 0.1) is 5.82 Å². The van der Waals surface area contributed by atoms with E-state index in [4.69, 9.17) is 0 Å². The van der Waals surface area contributed by atoms with Crippen LogP contribution in [0.3, 0.4) is 0 Å². The second-order valence-electron chi connectivity index (χ2n) is 5.12. The molecule has 2 aromatic rings. The lowest BCUT2D eigenvalue weighted by atomic mass is 10.0. The van der Waals surface area contributed by atoms with E-state index in [0.717, 1.165) is 12.2 Å². The van der Waals surface area contributed by atoms with Gasteiger partial charge in [0.25, 0.3) is 0 Å². The summed E-state index contributed by atoms with van der Waals surface area (Å²) in [6.07, 6.45) is 4.00. The summed E-state index contributed by atoms with van der Waals surface area (Å²) >= 11 is 1.82. The van der Waals surface area contributed by atoms with Gasteiger partial charge in [-0.1, -0.05) is 30.3 Å². The van der Waals surface area contributed by atoms with Crippen molar-refractivity contribution in [2.45, 2.75) is 17.4 Å². The highest BCUT2D eigenvalue weighted by molar-refractivity contribution is 7.99. The molecule has 0 spiro atoms. The Morgan fingerprint density at radius 3 is 2.95 bits per heavy atom. The molecule has 0 saturated heterocycles. The molecule has 1 N–H and O–H groups in total. The highest BCUT2D eigenvalue weighted by atomic mass is 32.2. The Kier molecular flexibility index (Phi) is 4.59. The summed E-state index contributed by atoms with van der Waals surface area (Å²) in [5, 5.41) is 3.03. The molecule has 2 aromatic carbocycles. The van der Waals surface area contributed by atoms with Gasteiger partial charge in [-0.2, -0.15) is 0 Å². The van der Waals surface area contributed by atoms with Crippen molar-refractivity contribution >= 4 is 23.7 Å². The van der Waals surface area contributed by atoms with Gasteiger partial charge in [-0.05, 0) is 41.8 Å². The molecule has 0 saturated carbocycles. The number of fused-ring (bicyclic) bond motifs is 1. The van der Waals surface area contributed by atoms with Gasteiger partial charge in [-0.15, -0.1) is 11.8 Å². The van der Waals surface area contributed by atoms with E-state index in [1.165, 1.54) is 28.7 Å². The van der Waals surface area contributed by atoms with Crippen LogP contribution in [0.15, 0.2) is 59.5 Å². The summed E-state index contributed by atoms with van der Waals surface area (Å²) in [5.74, 6) is 0.534. The number of halogens is 1. The Balaban J connectivity index is 1.68. The van der Waals surface area contributed by atoms with Crippen LogP contribution in [-0.4, -0.2) is 11.7 Å². The summed E-state index contributed by atoms with van der Waals surface area (Å²) in [4.78, 5) is 13.3. The fourth-order valence-corrected chi connectivity index (χ4v) is 3.62. The molecule has 0 fully saturated rings. The first-order chi connectivity index (χ1) is 10.7. The fourth-order valence-electron chi connectivity index (χ4n) is 2.49. The third kappa shape index (κ3) is 3.57. The molecule has 3 rings (SSSR count). The second-order valence-corrected chi connectivity index (χ2v) is 6.26. The number of carbonyl (C=O) groups is 1. The van der Waals surface area contributed by atoms with E-state index in [2.05, 4.69) is 17.4 Å². The average molecular weight is 313 g/mol. The molecule has 1 heterocycles. The molecule has 0 radical (unpaired) electrons. The van der Waals surface area contributed by atoms with Crippen LogP contribution in [0.2, 0.25) is 0 Å². The van der Waals surface area contributed by atoms with Crippen LogP contribution in [0.4, 0.5) is 4.39 Å².